The van der Waals surface area contributed by atoms with Crippen LogP contribution in [0.1, 0.15) is 62.0 Å². The molecule has 0 spiro atoms. The second-order valence-electron chi connectivity index (χ2n) is 7.40. The van der Waals surface area contributed by atoms with Gasteiger partial charge >= 0.3 is 0 Å². The van der Waals surface area contributed by atoms with Gasteiger partial charge in [-0.3, -0.25) is 9.59 Å². The molecule has 6 nitrogen and oxygen atoms in total. The number of aromatic nitrogens is 1. The molecule has 6 heteroatoms. The van der Waals surface area contributed by atoms with E-state index in [4.69, 9.17) is 4.42 Å². The van der Waals surface area contributed by atoms with Crippen molar-refractivity contribution in [3.8, 4) is 0 Å². The first kappa shape index (κ1) is 20.2. The van der Waals surface area contributed by atoms with Gasteiger partial charge in [0, 0.05) is 37.4 Å². The Hall–Kier alpha value is -2.50. The van der Waals surface area contributed by atoms with Crippen LogP contribution in [0.3, 0.4) is 0 Å². The third-order valence-corrected chi connectivity index (χ3v) is 5.26. The van der Waals surface area contributed by atoms with Gasteiger partial charge in [0.25, 0.3) is 5.91 Å². The summed E-state index contributed by atoms with van der Waals surface area (Å²) < 4.78 is 7.90. The van der Waals surface area contributed by atoms with Gasteiger partial charge in [0.2, 0.25) is 5.91 Å². The van der Waals surface area contributed by atoms with Crippen molar-refractivity contribution >= 4 is 11.8 Å². The molecule has 0 aromatic carbocycles. The number of hydrogen-bond donors (Lipinski definition) is 0. The van der Waals surface area contributed by atoms with Crippen LogP contribution in [-0.4, -0.2) is 45.8 Å². The summed E-state index contributed by atoms with van der Waals surface area (Å²) in [6, 6.07) is 7.65. The molecule has 0 atom stereocenters. The van der Waals surface area contributed by atoms with Gasteiger partial charge in [-0.1, -0.05) is 6.92 Å². The summed E-state index contributed by atoms with van der Waals surface area (Å²) in [5.74, 6) is 1.55. The standard InChI is InChI=1S/C22H31N3O3/c1-4-13-25(21(26)17-9-10-17)15-18-8-7-14-24(18)16-19-11-12-20(28-19)22(27)23(5-2)6-3/h7-8,11-12,14,17H,4-6,9-10,13,15-16H2,1-3H3. The monoisotopic (exact) mass is 385 g/mol. The molecule has 2 amide bonds. The lowest BCUT2D eigenvalue weighted by Gasteiger charge is -2.23. The van der Waals surface area contributed by atoms with Crippen LogP contribution in [0.4, 0.5) is 0 Å². The zero-order valence-electron chi connectivity index (χ0n) is 17.2. The molecule has 1 fully saturated rings. The van der Waals surface area contributed by atoms with Crippen molar-refractivity contribution in [1.29, 1.82) is 0 Å². The fourth-order valence-electron chi connectivity index (χ4n) is 3.48. The van der Waals surface area contributed by atoms with Crippen LogP contribution in [-0.2, 0) is 17.9 Å². The highest BCUT2D eigenvalue weighted by molar-refractivity contribution is 5.91. The Morgan fingerprint density at radius 1 is 1.11 bits per heavy atom. The summed E-state index contributed by atoms with van der Waals surface area (Å²) >= 11 is 0. The molecule has 1 aliphatic carbocycles. The van der Waals surface area contributed by atoms with Gasteiger partial charge in [0.15, 0.2) is 5.76 Å². The van der Waals surface area contributed by atoms with E-state index >= 15 is 0 Å². The van der Waals surface area contributed by atoms with Gasteiger partial charge in [0.1, 0.15) is 5.76 Å². The number of carbonyl (C=O) groups is 2. The average molecular weight is 386 g/mol. The first-order valence-corrected chi connectivity index (χ1v) is 10.4. The van der Waals surface area contributed by atoms with E-state index in [0.29, 0.717) is 31.9 Å². The summed E-state index contributed by atoms with van der Waals surface area (Å²) in [5, 5.41) is 0. The van der Waals surface area contributed by atoms with E-state index in [1.807, 2.05) is 43.1 Å². The lowest BCUT2D eigenvalue weighted by molar-refractivity contribution is -0.133. The molecular formula is C22H31N3O3. The van der Waals surface area contributed by atoms with Gasteiger partial charge in [-0.2, -0.15) is 0 Å². The Kier molecular flexibility index (Phi) is 6.60. The van der Waals surface area contributed by atoms with E-state index in [1.165, 1.54) is 0 Å². The Bertz CT molecular complexity index is 800. The zero-order valence-corrected chi connectivity index (χ0v) is 17.2. The molecule has 0 aliphatic heterocycles. The van der Waals surface area contributed by atoms with Crippen LogP contribution >= 0.6 is 0 Å². The molecule has 152 valence electrons. The van der Waals surface area contributed by atoms with Gasteiger partial charge in [0.05, 0.1) is 13.1 Å². The van der Waals surface area contributed by atoms with Gasteiger partial charge in [-0.15, -0.1) is 0 Å². The second-order valence-corrected chi connectivity index (χ2v) is 7.40. The Morgan fingerprint density at radius 2 is 1.86 bits per heavy atom. The van der Waals surface area contributed by atoms with E-state index in [9.17, 15) is 9.59 Å². The minimum atomic E-state index is -0.0758. The fourth-order valence-corrected chi connectivity index (χ4v) is 3.48. The molecule has 28 heavy (non-hydrogen) atoms. The molecule has 0 N–H and O–H groups in total. The number of carbonyl (C=O) groups excluding carboxylic acids is 2. The van der Waals surface area contributed by atoms with Crippen molar-refractivity contribution in [1.82, 2.24) is 14.4 Å². The minimum absolute atomic E-state index is 0.0758. The lowest BCUT2D eigenvalue weighted by atomic mass is 10.3. The summed E-state index contributed by atoms with van der Waals surface area (Å²) in [6.07, 6.45) is 5.00. The predicted octanol–water partition coefficient (Wildman–Crippen LogP) is 3.76. The van der Waals surface area contributed by atoms with Crippen LogP contribution in [0, 0.1) is 5.92 Å². The summed E-state index contributed by atoms with van der Waals surface area (Å²) in [7, 11) is 0. The third-order valence-electron chi connectivity index (χ3n) is 5.26. The van der Waals surface area contributed by atoms with Crippen LogP contribution in [0.15, 0.2) is 34.9 Å². The molecule has 2 aromatic rings. The largest absolute Gasteiger partial charge is 0.454 e. The van der Waals surface area contributed by atoms with E-state index in [0.717, 1.165) is 37.3 Å². The van der Waals surface area contributed by atoms with Crippen molar-refractivity contribution in [2.24, 2.45) is 5.92 Å². The van der Waals surface area contributed by atoms with Crippen LogP contribution in [0.2, 0.25) is 0 Å². The number of rotatable bonds is 10. The number of nitrogens with zero attached hydrogens (tertiary/aromatic N) is 3. The van der Waals surface area contributed by atoms with E-state index in [2.05, 4.69) is 11.5 Å². The quantitative estimate of drug-likeness (QED) is 0.626. The first-order valence-electron chi connectivity index (χ1n) is 10.4. The third kappa shape index (κ3) is 4.66. The number of hydrogen-bond acceptors (Lipinski definition) is 3. The van der Waals surface area contributed by atoms with Crippen LogP contribution in [0.5, 0.6) is 0 Å². The maximum atomic E-state index is 12.5. The summed E-state index contributed by atoms with van der Waals surface area (Å²) in [4.78, 5) is 28.7. The van der Waals surface area contributed by atoms with Crippen molar-refractivity contribution in [3.05, 3.63) is 47.7 Å². The topological polar surface area (TPSA) is 58.7 Å². The van der Waals surface area contributed by atoms with Gasteiger partial charge in [-0.25, -0.2) is 0 Å². The smallest absolute Gasteiger partial charge is 0.289 e. The minimum Gasteiger partial charge on any atom is -0.454 e. The lowest BCUT2D eigenvalue weighted by Crippen LogP contribution is -2.33. The molecule has 0 bridgehead atoms. The van der Waals surface area contributed by atoms with Gasteiger partial charge < -0.3 is 18.8 Å². The van der Waals surface area contributed by atoms with E-state index in [-0.39, 0.29) is 17.7 Å². The molecular weight excluding hydrogens is 354 g/mol. The number of amides is 2. The molecule has 0 saturated heterocycles. The molecule has 0 radical (unpaired) electrons. The summed E-state index contributed by atoms with van der Waals surface area (Å²) in [6.45, 7) is 9.29. The second kappa shape index (κ2) is 9.13. The molecule has 0 unspecified atom stereocenters. The Labute approximate surface area is 167 Å². The predicted molar refractivity (Wildman–Crippen MR) is 108 cm³/mol. The molecule has 2 aromatic heterocycles. The van der Waals surface area contributed by atoms with Crippen molar-refractivity contribution in [2.75, 3.05) is 19.6 Å². The Morgan fingerprint density at radius 3 is 2.50 bits per heavy atom. The molecule has 1 saturated carbocycles. The maximum Gasteiger partial charge on any atom is 0.289 e. The van der Waals surface area contributed by atoms with Crippen molar-refractivity contribution in [3.63, 3.8) is 0 Å². The van der Waals surface area contributed by atoms with Gasteiger partial charge in [-0.05, 0) is 57.4 Å². The average Bonchev–Trinajstić information content (AvgIpc) is 3.29. The van der Waals surface area contributed by atoms with E-state index < -0.39 is 0 Å². The van der Waals surface area contributed by atoms with Crippen LogP contribution in [0.25, 0.3) is 0 Å². The first-order chi connectivity index (χ1) is 13.6. The maximum absolute atomic E-state index is 12.5. The Balaban J connectivity index is 1.68. The highest BCUT2D eigenvalue weighted by Gasteiger charge is 2.33. The van der Waals surface area contributed by atoms with Crippen molar-refractivity contribution < 1.29 is 14.0 Å². The fraction of sp³-hybridized carbons (Fsp3) is 0.545. The summed E-state index contributed by atoms with van der Waals surface area (Å²) in [5.41, 5.74) is 1.08. The highest BCUT2D eigenvalue weighted by Crippen LogP contribution is 2.31. The van der Waals surface area contributed by atoms with Crippen LogP contribution < -0.4 is 0 Å². The molecule has 3 rings (SSSR count). The SMILES string of the molecule is CCCN(Cc1cccn1Cc1ccc(C(=O)N(CC)CC)o1)C(=O)C1CC1. The zero-order chi connectivity index (χ0) is 20.1. The normalized spacial score (nSPS) is 13.5. The molecule has 2 heterocycles. The highest BCUT2D eigenvalue weighted by atomic mass is 16.4. The van der Waals surface area contributed by atoms with E-state index in [1.54, 1.807) is 11.0 Å². The number of furan rings is 1. The molecule has 1 aliphatic rings. The van der Waals surface area contributed by atoms with Crippen molar-refractivity contribution in [2.45, 2.75) is 53.1 Å².